The van der Waals surface area contributed by atoms with Gasteiger partial charge in [-0.25, -0.2) is 0 Å². The number of aryl methyl sites for hydroxylation is 2. The molecule has 1 aliphatic rings. The summed E-state index contributed by atoms with van der Waals surface area (Å²) in [5, 5.41) is 0. The van der Waals surface area contributed by atoms with Crippen LogP contribution in [0.5, 0.6) is 0 Å². The number of rotatable bonds is 5. The van der Waals surface area contributed by atoms with Gasteiger partial charge in [0.15, 0.2) is 6.73 Å². The van der Waals surface area contributed by atoms with E-state index in [2.05, 4.69) is 4.98 Å². The predicted molar refractivity (Wildman–Crippen MR) is 102 cm³/mol. The number of amides is 1. The smallest absolute Gasteiger partial charge is 0.321 e. The van der Waals surface area contributed by atoms with Gasteiger partial charge in [0, 0.05) is 17.0 Å². The van der Waals surface area contributed by atoms with Crippen molar-refractivity contribution in [3.63, 3.8) is 0 Å². The largest absolute Gasteiger partial charge is 0.443 e. The monoisotopic (exact) mass is 353 g/mol. The quantitative estimate of drug-likeness (QED) is 0.663. The first kappa shape index (κ1) is 17.9. The van der Waals surface area contributed by atoms with Crippen molar-refractivity contribution in [3.8, 4) is 0 Å². The maximum Gasteiger partial charge on any atom is 0.321 e. The summed E-state index contributed by atoms with van der Waals surface area (Å²) in [5.41, 5.74) is 5.22. The zero-order chi connectivity index (χ0) is 18.8. The summed E-state index contributed by atoms with van der Waals surface area (Å²) >= 11 is 0. The Hall–Kier alpha value is -2.86. The molecule has 0 aliphatic carbocycles. The first-order valence-corrected chi connectivity index (χ1v) is 8.46. The van der Waals surface area contributed by atoms with Gasteiger partial charge >= 0.3 is 5.97 Å². The van der Waals surface area contributed by atoms with Crippen molar-refractivity contribution in [1.82, 2.24) is 9.88 Å². The number of carbonyl (C=O) groups is 2. The predicted octanol–water partition coefficient (Wildman–Crippen LogP) is 2.58. The lowest BCUT2D eigenvalue weighted by Gasteiger charge is -2.17. The zero-order valence-electron chi connectivity index (χ0n) is 15.5. The van der Waals surface area contributed by atoms with Gasteiger partial charge in [0.25, 0.3) is 5.91 Å². The number of aromatic nitrogens is 1. The molecule has 1 aromatic heterocycles. The molecular formula is C20H23N3O3. The number of fused-ring (bicyclic) bond motifs is 1. The lowest BCUT2D eigenvalue weighted by Crippen LogP contribution is -2.33. The van der Waals surface area contributed by atoms with Crippen molar-refractivity contribution < 1.29 is 14.3 Å². The van der Waals surface area contributed by atoms with Gasteiger partial charge < -0.3 is 9.72 Å². The summed E-state index contributed by atoms with van der Waals surface area (Å²) in [6.07, 6.45) is 1.87. The molecule has 2 aromatic rings. The fraction of sp³-hybridized carbons (Fsp3) is 0.300. The lowest BCUT2D eigenvalue weighted by atomic mass is 10.1. The highest BCUT2D eigenvalue weighted by Crippen LogP contribution is 2.37. The van der Waals surface area contributed by atoms with Gasteiger partial charge in [0.05, 0.1) is 17.8 Å². The van der Waals surface area contributed by atoms with Gasteiger partial charge in [-0.2, -0.15) is 0 Å². The van der Waals surface area contributed by atoms with Gasteiger partial charge in [-0.15, -0.1) is 0 Å². The van der Waals surface area contributed by atoms with Crippen LogP contribution in [0.1, 0.15) is 22.5 Å². The standard InChI is InChI=1S/C20H23N3O3/c1-13-9-14(2)21-17(13)10-16-15-7-5-6-8-18(15)23(20(16)25)12-26-19(24)11-22(3)4/h5-10,21H,11-12H2,1-4H3/b16-10-. The van der Waals surface area contributed by atoms with Crippen molar-refractivity contribution in [3.05, 3.63) is 52.8 Å². The molecule has 0 saturated carbocycles. The molecule has 0 atom stereocenters. The van der Waals surface area contributed by atoms with Crippen molar-refractivity contribution in [1.29, 1.82) is 0 Å². The van der Waals surface area contributed by atoms with Gasteiger partial charge in [0.2, 0.25) is 0 Å². The third kappa shape index (κ3) is 3.55. The van der Waals surface area contributed by atoms with Gasteiger partial charge in [-0.3, -0.25) is 19.4 Å². The Bertz CT molecular complexity index is 880. The number of ether oxygens (including phenoxy) is 1. The van der Waals surface area contributed by atoms with E-state index in [-0.39, 0.29) is 25.2 Å². The number of benzene rings is 1. The first-order valence-electron chi connectivity index (χ1n) is 8.46. The number of nitrogens with zero attached hydrogens (tertiary/aromatic N) is 2. The van der Waals surface area contributed by atoms with E-state index in [0.717, 1.165) is 28.2 Å². The van der Waals surface area contributed by atoms with Crippen LogP contribution in [0.2, 0.25) is 0 Å². The molecule has 0 unspecified atom stereocenters. The topological polar surface area (TPSA) is 65.6 Å². The highest BCUT2D eigenvalue weighted by atomic mass is 16.5. The lowest BCUT2D eigenvalue weighted by molar-refractivity contribution is -0.144. The minimum Gasteiger partial charge on any atom is -0.443 e. The molecular weight excluding hydrogens is 330 g/mol. The van der Waals surface area contributed by atoms with Crippen LogP contribution < -0.4 is 4.90 Å². The normalized spacial score (nSPS) is 15.0. The minimum atomic E-state index is -0.367. The number of para-hydroxylation sites is 1. The molecule has 6 nitrogen and oxygen atoms in total. The van der Waals surface area contributed by atoms with Crippen LogP contribution >= 0.6 is 0 Å². The number of likely N-dealkylation sites (N-methyl/N-ethyl adjacent to an activating group) is 1. The van der Waals surface area contributed by atoms with E-state index in [1.807, 2.05) is 50.3 Å². The number of hydrogen-bond acceptors (Lipinski definition) is 4. The van der Waals surface area contributed by atoms with Crippen LogP contribution in [0.4, 0.5) is 5.69 Å². The van der Waals surface area contributed by atoms with Crippen LogP contribution in [0.3, 0.4) is 0 Å². The van der Waals surface area contributed by atoms with Gasteiger partial charge in [-0.1, -0.05) is 18.2 Å². The molecule has 136 valence electrons. The molecule has 0 bridgehead atoms. The molecule has 1 aromatic carbocycles. The van der Waals surface area contributed by atoms with Crippen LogP contribution in [0.15, 0.2) is 30.3 Å². The fourth-order valence-electron chi connectivity index (χ4n) is 3.06. The second-order valence-corrected chi connectivity index (χ2v) is 6.74. The van der Waals surface area contributed by atoms with Crippen molar-refractivity contribution in [2.45, 2.75) is 13.8 Å². The fourth-order valence-corrected chi connectivity index (χ4v) is 3.06. The van der Waals surface area contributed by atoms with Crippen molar-refractivity contribution in [2.24, 2.45) is 0 Å². The van der Waals surface area contributed by atoms with E-state index < -0.39 is 0 Å². The molecule has 0 radical (unpaired) electrons. The first-order chi connectivity index (χ1) is 12.4. The molecule has 3 rings (SSSR count). The summed E-state index contributed by atoms with van der Waals surface area (Å²) < 4.78 is 5.28. The summed E-state index contributed by atoms with van der Waals surface area (Å²) in [6.45, 7) is 4.06. The third-order valence-electron chi connectivity index (χ3n) is 4.24. The maximum atomic E-state index is 13.0. The van der Waals surface area contributed by atoms with E-state index in [1.54, 1.807) is 19.0 Å². The zero-order valence-corrected chi connectivity index (χ0v) is 15.5. The number of H-pyrrole nitrogens is 1. The Morgan fingerprint density at radius 3 is 2.65 bits per heavy atom. The summed E-state index contributed by atoms with van der Waals surface area (Å²) in [5.74, 6) is -0.538. The van der Waals surface area contributed by atoms with E-state index >= 15 is 0 Å². The second kappa shape index (κ2) is 7.17. The minimum absolute atomic E-state index is 0.0946. The highest BCUT2D eigenvalue weighted by molar-refractivity contribution is 6.35. The molecule has 1 amide bonds. The van der Waals surface area contributed by atoms with Gasteiger partial charge in [0.1, 0.15) is 0 Å². The highest BCUT2D eigenvalue weighted by Gasteiger charge is 2.33. The molecule has 0 saturated heterocycles. The van der Waals surface area contributed by atoms with E-state index in [1.165, 1.54) is 4.90 Å². The summed E-state index contributed by atoms with van der Waals surface area (Å²) in [4.78, 5) is 31.3. The number of carbonyl (C=O) groups excluding carboxylic acids is 2. The molecule has 2 heterocycles. The van der Waals surface area contributed by atoms with Crippen LogP contribution in [0, 0.1) is 13.8 Å². The second-order valence-electron chi connectivity index (χ2n) is 6.74. The Morgan fingerprint density at radius 1 is 1.27 bits per heavy atom. The Labute approximate surface area is 153 Å². The molecule has 0 spiro atoms. The Balaban J connectivity index is 1.89. The van der Waals surface area contributed by atoms with E-state index in [9.17, 15) is 9.59 Å². The number of nitrogens with one attached hydrogen (secondary N) is 1. The molecule has 26 heavy (non-hydrogen) atoms. The van der Waals surface area contributed by atoms with Crippen molar-refractivity contribution >= 4 is 29.2 Å². The molecule has 1 aliphatic heterocycles. The molecule has 1 N–H and O–H groups in total. The Kier molecular flexibility index (Phi) is 4.95. The van der Waals surface area contributed by atoms with Crippen LogP contribution in [-0.2, 0) is 14.3 Å². The van der Waals surface area contributed by atoms with Crippen molar-refractivity contribution in [2.75, 3.05) is 32.3 Å². The Morgan fingerprint density at radius 2 is 2.00 bits per heavy atom. The number of aromatic amines is 1. The number of hydrogen-bond donors (Lipinski definition) is 1. The number of anilines is 1. The summed E-state index contributed by atoms with van der Waals surface area (Å²) in [6, 6.07) is 9.58. The third-order valence-corrected chi connectivity index (χ3v) is 4.24. The van der Waals surface area contributed by atoms with Gasteiger partial charge in [-0.05, 0) is 51.7 Å². The van der Waals surface area contributed by atoms with E-state index in [0.29, 0.717) is 5.57 Å². The SMILES string of the molecule is Cc1cc(C)c(/C=C2\C(=O)N(COC(=O)CN(C)C)c3ccccc32)[nH]1. The molecule has 6 heteroatoms. The average molecular weight is 353 g/mol. The van der Waals surface area contributed by atoms with Crippen LogP contribution in [0.25, 0.3) is 11.6 Å². The molecule has 0 fully saturated rings. The van der Waals surface area contributed by atoms with E-state index in [4.69, 9.17) is 4.74 Å². The maximum absolute atomic E-state index is 13.0. The average Bonchev–Trinajstić information content (AvgIpc) is 3.02. The summed E-state index contributed by atoms with van der Waals surface area (Å²) in [7, 11) is 3.58. The number of esters is 1. The van der Waals surface area contributed by atoms with Crippen LogP contribution in [-0.4, -0.2) is 49.1 Å².